The second-order valence-electron chi connectivity index (χ2n) is 5.09. The van der Waals surface area contributed by atoms with Crippen LogP contribution < -0.4 is 10.6 Å². The van der Waals surface area contributed by atoms with Gasteiger partial charge < -0.3 is 20.1 Å². The van der Waals surface area contributed by atoms with Crippen LogP contribution in [0.1, 0.15) is 24.0 Å². The van der Waals surface area contributed by atoms with Gasteiger partial charge in [0.1, 0.15) is 0 Å². The first-order valence-corrected chi connectivity index (χ1v) is 7.83. The summed E-state index contributed by atoms with van der Waals surface area (Å²) in [5, 5.41) is 6.66. The van der Waals surface area contributed by atoms with E-state index in [1.807, 2.05) is 0 Å². The lowest BCUT2D eigenvalue weighted by Crippen LogP contribution is -2.37. The van der Waals surface area contributed by atoms with E-state index in [1.54, 1.807) is 14.2 Å². The number of unbranched alkanes of at least 4 members (excludes halogenated alkanes) is 1. The Labute approximate surface area is 134 Å². The van der Waals surface area contributed by atoms with Crippen molar-refractivity contribution in [2.75, 3.05) is 40.5 Å². The molecule has 0 atom stereocenters. The fourth-order valence-corrected chi connectivity index (χ4v) is 1.99. The van der Waals surface area contributed by atoms with Gasteiger partial charge >= 0.3 is 0 Å². The van der Waals surface area contributed by atoms with Crippen LogP contribution in [0.3, 0.4) is 0 Å². The van der Waals surface area contributed by atoms with Crippen molar-refractivity contribution in [3.8, 4) is 0 Å². The van der Waals surface area contributed by atoms with Gasteiger partial charge in [0.2, 0.25) is 0 Å². The molecule has 0 bridgehead atoms. The maximum absolute atomic E-state index is 5.43. The Morgan fingerprint density at radius 1 is 1.09 bits per heavy atom. The summed E-state index contributed by atoms with van der Waals surface area (Å²) in [6.07, 6.45) is 2.09. The van der Waals surface area contributed by atoms with Crippen molar-refractivity contribution in [2.45, 2.75) is 26.3 Å². The van der Waals surface area contributed by atoms with Crippen molar-refractivity contribution in [1.82, 2.24) is 10.6 Å². The molecule has 22 heavy (non-hydrogen) atoms. The van der Waals surface area contributed by atoms with Crippen molar-refractivity contribution in [2.24, 2.45) is 4.99 Å². The molecular formula is C17H29N3O2. The van der Waals surface area contributed by atoms with Gasteiger partial charge in [0.15, 0.2) is 5.96 Å². The largest absolute Gasteiger partial charge is 0.382 e. The molecule has 0 heterocycles. The highest BCUT2D eigenvalue weighted by atomic mass is 16.5. The zero-order valence-electron chi connectivity index (χ0n) is 14.0. The van der Waals surface area contributed by atoms with Gasteiger partial charge in [-0.25, -0.2) is 0 Å². The van der Waals surface area contributed by atoms with Gasteiger partial charge in [-0.15, -0.1) is 0 Å². The summed E-state index contributed by atoms with van der Waals surface area (Å²) in [6.45, 7) is 5.90. The fraction of sp³-hybridized carbons (Fsp3) is 0.588. The van der Waals surface area contributed by atoms with E-state index in [-0.39, 0.29) is 0 Å². The highest BCUT2D eigenvalue weighted by Gasteiger charge is 2.00. The number of ether oxygens (including phenoxy) is 2. The number of benzene rings is 1. The maximum atomic E-state index is 5.43. The highest BCUT2D eigenvalue weighted by Crippen LogP contribution is 2.05. The van der Waals surface area contributed by atoms with Crippen LogP contribution in [0.4, 0.5) is 0 Å². The summed E-state index contributed by atoms with van der Waals surface area (Å²) >= 11 is 0. The molecule has 0 radical (unpaired) electrons. The van der Waals surface area contributed by atoms with Crippen LogP contribution in [-0.2, 0) is 16.0 Å². The average Bonchev–Trinajstić information content (AvgIpc) is 2.54. The minimum Gasteiger partial charge on any atom is -0.382 e. The molecule has 0 unspecified atom stereocenters. The number of guanidine groups is 1. The Balaban J connectivity index is 2.12. The van der Waals surface area contributed by atoms with Crippen LogP contribution in [0.15, 0.2) is 29.3 Å². The molecular weight excluding hydrogens is 278 g/mol. The standard InChI is InChI=1S/C17H29N3O2/c1-15-8-4-5-9-16(15)14-20-17(18-2)19-10-6-7-11-22-13-12-21-3/h4-5,8-9H,6-7,10-14H2,1-3H3,(H2,18,19,20). The summed E-state index contributed by atoms with van der Waals surface area (Å²) in [7, 11) is 3.48. The number of hydrogen-bond acceptors (Lipinski definition) is 3. The molecule has 0 aromatic heterocycles. The Hall–Kier alpha value is -1.59. The highest BCUT2D eigenvalue weighted by molar-refractivity contribution is 5.79. The number of aryl methyl sites for hydroxylation is 1. The van der Waals surface area contributed by atoms with Crippen LogP contribution in [0.2, 0.25) is 0 Å². The van der Waals surface area contributed by atoms with E-state index in [0.29, 0.717) is 13.2 Å². The van der Waals surface area contributed by atoms with Gasteiger partial charge in [0.25, 0.3) is 0 Å². The number of hydrogen-bond donors (Lipinski definition) is 2. The Morgan fingerprint density at radius 3 is 2.64 bits per heavy atom. The molecule has 124 valence electrons. The Kier molecular flexibility index (Phi) is 10.1. The van der Waals surface area contributed by atoms with E-state index in [0.717, 1.165) is 38.5 Å². The predicted molar refractivity (Wildman–Crippen MR) is 91.3 cm³/mol. The minimum atomic E-state index is 0.660. The third-order valence-corrected chi connectivity index (χ3v) is 3.37. The fourth-order valence-electron chi connectivity index (χ4n) is 1.99. The molecule has 0 saturated heterocycles. The second-order valence-corrected chi connectivity index (χ2v) is 5.09. The van der Waals surface area contributed by atoms with Gasteiger partial charge in [-0.2, -0.15) is 0 Å². The van der Waals surface area contributed by atoms with Crippen molar-refractivity contribution in [3.63, 3.8) is 0 Å². The summed E-state index contributed by atoms with van der Waals surface area (Å²) < 4.78 is 10.4. The number of methoxy groups -OCH3 is 1. The van der Waals surface area contributed by atoms with E-state index >= 15 is 0 Å². The number of nitrogens with one attached hydrogen (secondary N) is 2. The van der Waals surface area contributed by atoms with Crippen LogP contribution >= 0.6 is 0 Å². The molecule has 0 amide bonds. The SMILES string of the molecule is CN=C(NCCCCOCCOC)NCc1ccccc1C. The van der Waals surface area contributed by atoms with Gasteiger partial charge in [-0.1, -0.05) is 24.3 Å². The van der Waals surface area contributed by atoms with Crippen LogP contribution in [0, 0.1) is 6.92 Å². The number of rotatable bonds is 10. The smallest absolute Gasteiger partial charge is 0.191 e. The van der Waals surface area contributed by atoms with Gasteiger partial charge in [-0.05, 0) is 30.9 Å². The topological polar surface area (TPSA) is 54.9 Å². The molecule has 5 nitrogen and oxygen atoms in total. The van der Waals surface area contributed by atoms with E-state index < -0.39 is 0 Å². The van der Waals surface area contributed by atoms with Crippen molar-refractivity contribution < 1.29 is 9.47 Å². The van der Waals surface area contributed by atoms with E-state index in [2.05, 4.69) is 46.8 Å². The molecule has 2 N–H and O–H groups in total. The summed E-state index contributed by atoms with van der Waals surface area (Å²) in [5.74, 6) is 0.837. The second kappa shape index (κ2) is 12.0. The molecule has 1 aromatic carbocycles. The molecule has 0 aliphatic heterocycles. The van der Waals surface area contributed by atoms with E-state index in [4.69, 9.17) is 9.47 Å². The Bertz CT molecular complexity index is 436. The zero-order chi connectivity index (χ0) is 16.0. The molecule has 0 aliphatic carbocycles. The van der Waals surface area contributed by atoms with Crippen LogP contribution in [0.25, 0.3) is 0 Å². The molecule has 1 rings (SSSR count). The monoisotopic (exact) mass is 307 g/mol. The van der Waals surface area contributed by atoms with Crippen molar-refractivity contribution in [1.29, 1.82) is 0 Å². The summed E-state index contributed by atoms with van der Waals surface area (Å²) in [5.41, 5.74) is 2.58. The van der Waals surface area contributed by atoms with Gasteiger partial charge in [0.05, 0.1) is 13.2 Å². The zero-order valence-corrected chi connectivity index (χ0v) is 14.0. The lowest BCUT2D eigenvalue weighted by molar-refractivity contribution is 0.0689. The molecule has 0 spiro atoms. The van der Waals surface area contributed by atoms with E-state index in [1.165, 1.54) is 11.1 Å². The lowest BCUT2D eigenvalue weighted by atomic mass is 10.1. The molecule has 0 saturated carbocycles. The minimum absolute atomic E-state index is 0.660. The third-order valence-electron chi connectivity index (χ3n) is 3.37. The summed E-state index contributed by atoms with van der Waals surface area (Å²) in [6, 6.07) is 8.37. The maximum Gasteiger partial charge on any atom is 0.191 e. The molecule has 1 aromatic rings. The predicted octanol–water partition coefficient (Wildman–Crippen LogP) is 2.10. The number of aliphatic imine (C=N–C) groups is 1. The number of nitrogens with zero attached hydrogens (tertiary/aromatic N) is 1. The molecule has 0 fully saturated rings. The lowest BCUT2D eigenvalue weighted by Gasteiger charge is -2.13. The normalized spacial score (nSPS) is 11.5. The van der Waals surface area contributed by atoms with Gasteiger partial charge in [-0.3, -0.25) is 4.99 Å². The Morgan fingerprint density at radius 2 is 1.91 bits per heavy atom. The first kappa shape index (κ1) is 18.5. The first-order chi connectivity index (χ1) is 10.8. The van der Waals surface area contributed by atoms with Crippen molar-refractivity contribution >= 4 is 5.96 Å². The van der Waals surface area contributed by atoms with Crippen LogP contribution in [-0.4, -0.2) is 46.5 Å². The average molecular weight is 307 g/mol. The van der Waals surface area contributed by atoms with Crippen LogP contribution in [0.5, 0.6) is 0 Å². The summed E-state index contributed by atoms with van der Waals surface area (Å²) in [4.78, 5) is 4.24. The molecule has 5 heteroatoms. The van der Waals surface area contributed by atoms with Crippen molar-refractivity contribution in [3.05, 3.63) is 35.4 Å². The molecule has 0 aliphatic rings. The third kappa shape index (κ3) is 8.00. The quantitative estimate of drug-likeness (QED) is 0.395. The first-order valence-electron chi connectivity index (χ1n) is 7.83. The van der Waals surface area contributed by atoms with E-state index in [9.17, 15) is 0 Å². The van der Waals surface area contributed by atoms with Gasteiger partial charge in [0, 0.05) is 33.9 Å².